The molecule has 0 bridgehead atoms. The van der Waals surface area contributed by atoms with Gasteiger partial charge in [-0.1, -0.05) is 0 Å². The summed E-state index contributed by atoms with van der Waals surface area (Å²) in [6, 6.07) is 8.08. The second-order valence-corrected chi connectivity index (χ2v) is 6.80. The van der Waals surface area contributed by atoms with E-state index in [4.69, 9.17) is 9.52 Å². The van der Waals surface area contributed by atoms with Crippen LogP contribution in [0, 0.1) is 6.92 Å². The second-order valence-electron chi connectivity index (χ2n) is 5.11. The lowest BCUT2D eigenvalue weighted by molar-refractivity contribution is 0.0696. The molecule has 0 aliphatic carbocycles. The molecular formula is C15H12N2O6S. The SMILES string of the molecule is Cc1cc(S(=O)(=O)Nc2ccc3oc(=O)[nH]c3c2)ccc1C(=O)O. The molecule has 1 aromatic heterocycles. The Balaban J connectivity index is 1.96. The van der Waals surface area contributed by atoms with Gasteiger partial charge >= 0.3 is 11.7 Å². The number of aryl methyl sites for hydroxylation is 1. The van der Waals surface area contributed by atoms with Gasteiger partial charge in [0.15, 0.2) is 5.58 Å². The van der Waals surface area contributed by atoms with E-state index in [9.17, 15) is 18.0 Å². The largest absolute Gasteiger partial charge is 0.478 e. The van der Waals surface area contributed by atoms with Crippen LogP contribution in [0.1, 0.15) is 15.9 Å². The predicted molar refractivity (Wildman–Crippen MR) is 85.8 cm³/mol. The molecule has 0 atom stereocenters. The first kappa shape index (κ1) is 15.8. The van der Waals surface area contributed by atoms with Crippen molar-refractivity contribution in [2.75, 3.05) is 4.72 Å². The molecule has 3 aromatic rings. The molecule has 0 saturated heterocycles. The minimum Gasteiger partial charge on any atom is -0.478 e. The van der Waals surface area contributed by atoms with Crippen LogP contribution in [0.5, 0.6) is 0 Å². The standard InChI is InChI=1S/C15H12N2O6S/c1-8-6-10(3-4-11(8)14(18)19)24(21,22)17-9-2-5-13-12(7-9)16-15(20)23-13/h2-7,17H,1H3,(H,16,20)(H,18,19). The van der Waals surface area contributed by atoms with E-state index in [1.54, 1.807) is 0 Å². The summed E-state index contributed by atoms with van der Waals surface area (Å²) in [4.78, 5) is 24.5. The molecule has 124 valence electrons. The third kappa shape index (κ3) is 2.88. The van der Waals surface area contributed by atoms with E-state index >= 15 is 0 Å². The number of H-pyrrole nitrogens is 1. The van der Waals surface area contributed by atoms with Gasteiger partial charge in [-0.05, 0) is 48.9 Å². The molecule has 2 aromatic carbocycles. The maximum Gasteiger partial charge on any atom is 0.417 e. The van der Waals surface area contributed by atoms with Crippen LogP contribution in [0.15, 0.2) is 50.5 Å². The van der Waals surface area contributed by atoms with Crippen molar-refractivity contribution in [2.45, 2.75) is 11.8 Å². The summed E-state index contributed by atoms with van der Waals surface area (Å²) >= 11 is 0. The Morgan fingerprint density at radius 2 is 1.96 bits per heavy atom. The van der Waals surface area contributed by atoms with Crippen LogP contribution in [-0.2, 0) is 10.0 Å². The number of sulfonamides is 1. The number of aromatic carboxylic acids is 1. The van der Waals surface area contributed by atoms with Gasteiger partial charge < -0.3 is 9.52 Å². The highest BCUT2D eigenvalue weighted by Crippen LogP contribution is 2.21. The summed E-state index contributed by atoms with van der Waals surface area (Å²) in [6.07, 6.45) is 0. The number of benzene rings is 2. The normalized spacial score (nSPS) is 11.5. The highest BCUT2D eigenvalue weighted by Gasteiger charge is 2.17. The van der Waals surface area contributed by atoms with Crippen LogP contribution < -0.4 is 10.5 Å². The van der Waals surface area contributed by atoms with Crippen molar-refractivity contribution in [3.63, 3.8) is 0 Å². The number of rotatable bonds is 4. The minimum absolute atomic E-state index is 0.0336. The number of nitrogens with one attached hydrogen (secondary N) is 2. The fourth-order valence-electron chi connectivity index (χ4n) is 2.27. The fraction of sp³-hybridized carbons (Fsp3) is 0.0667. The average Bonchev–Trinajstić information content (AvgIpc) is 2.85. The molecule has 0 amide bonds. The molecule has 3 rings (SSSR count). The third-order valence-corrected chi connectivity index (χ3v) is 4.79. The van der Waals surface area contributed by atoms with Crippen molar-refractivity contribution >= 4 is 32.8 Å². The Morgan fingerprint density at radius 1 is 1.21 bits per heavy atom. The Kier molecular flexibility index (Phi) is 3.64. The number of oxazole rings is 1. The topological polar surface area (TPSA) is 129 Å². The van der Waals surface area contributed by atoms with Crippen LogP contribution in [0.4, 0.5) is 5.69 Å². The zero-order chi connectivity index (χ0) is 17.5. The number of fused-ring (bicyclic) bond motifs is 1. The van der Waals surface area contributed by atoms with Crippen LogP contribution in [0.25, 0.3) is 11.1 Å². The summed E-state index contributed by atoms with van der Waals surface area (Å²) in [6.45, 7) is 1.52. The first-order valence-electron chi connectivity index (χ1n) is 6.76. The molecule has 0 saturated carbocycles. The average molecular weight is 348 g/mol. The van der Waals surface area contributed by atoms with Gasteiger partial charge in [0.1, 0.15) is 0 Å². The molecule has 1 heterocycles. The molecule has 0 aliphatic rings. The molecule has 0 fully saturated rings. The maximum absolute atomic E-state index is 12.4. The number of hydrogen-bond acceptors (Lipinski definition) is 5. The quantitative estimate of drug-likeness (QED) is 0.660. The molecule has 8 nitrogen and oxygen atoms in total. The first-order valence-corrected chi connectivity index (χ1v) is 8.24. The van der Waals surface area contributed by atoms with Gasteiger partial charge in [-0.25, -0.2) is 18.0 Å². The fourth-order valence-corrected chi connectivity index (χ4v) is 3.41. The number of aromatic amines is 1. The number of anilines is 1. The monoisotopic (exact) mass is 348 g/mol. The van der Waals surface area contributed by atoms with Crippen molar-refractivity contribution in [3.8, 4) is 0 Å². The summed E-state index contributed by atoms with van der Waals surface area (Å²) < 4.78 is 32.1. The summed E-state index contributed by atoms with van der Waals surface area (Å²) in [5, 5.41) is 8.99. The van der Waals surface area contributed by atoms with Gasteiger partial charge in [0.05, 0.1) is 21.7 Å². The minimum atomic E-state index is -3.91. The van der Waals surface area contributed by atoms with E-state index < -0.39 is 21.7 Å². The van der Waals surface area contributed by atoms with Gasteiger partial charge in [0.2, 0.25) is 0 Å². The van der Waals surface area contributed by atoms with Gasteiger partial charge in [0.25, 0.3) is 10.0 Å². The Bertz CT molecular complexity index is 1110. The highest BCUT2D eigenvalue weighted by molar-refractivity contribution is 7.92. The van der Waals surface area contributed by atoms with E-state index in [0.717, 1.165) is 0 Å². The van der Waals surface area contributed by atoms with Crippen LogP contribution in [-0.4, -0.2) is 24.5 Å². The zero-order valence-corrected chi connectivity index (χ0v) is 13.2. The molecular weight excluding hydrogens is 336 g/mol. The van der Waals surface area contributed by atoms with Crippen molar-refractivity contribution in [2.24, 2.45) is 0 Å². The number of carboxylic acid groups (broad SMARTS) is 1. The summed E-state index contributed by atoms with van der Waals surface area (Å²) in [5.74, 6) is -1.76. The van der Waals surface area contributed by atoms with E-state index in [2.05, 4.69) is 9.71 Å². The number of carbonyl (C=O) groups is 1. The number of aromatic nitrogens is 1. The predicted octanol–water partition coefficient (Wildman–Crippen LogP) is 1.93. The third-order valence-electron chi connectivity index (χ3n) is 3.41. The van der Waals surface area contributed by atoms with Crippen molar-refractivity contribution < 1.29 is 22.7 Å². The van der Waals surface area contributed by atoms with Crippen LogP contribution in [0.3, 0.4) is 0 Å². The Morgan fingerprint density at radius 3 is 2.62 bits per heavy atom. The lowest BCUT2D eigenvalue weighted by Crippen LogP contribution is -2.13. The smallest absolute Gasteiger partial charge is 0.417 e. The van der Waals surface area contributed by atoms with Gasteiger partial charge in [-0.3, -0.25) is 9.71 Å². The van der Waals surface area contributed by atoms with E-state index in [-0.39, 0.29) is 16.1 Å². The van der Waals surface area contributed by atoms with E-state index in [0.29, 0.717) is 16.7 Å². The van der Waals surface area contributed by atoms with Crippen molar-refractivity contribution in [1.29, 1.82) is 0 Å². The molecule has 0 spiro atoms. The zero-order valence-electron chi connectivity index (χ0n) is 12.4. The van der Waals surface area contributed by atoms with E-state index in [1.165, 1.54) is 43.3 Å². The number of carboxylic acids is 1. The van der Waals surface area contributed by atoms with E-state index in [1.807, 2.05) is 0 Å². The van der Waals surface area contributed by atoms with Gasteiger partial charge in [-0.2, -0.15) is 0 Å². The highest BCUT2D eigenvalue weighted by atomic mass is 32.2. The first-order chi connectivity index (χ1) is 11.3. The Hall–Kier alpha value is -3.07. The summed E-state index contributed by atoms with van der Waals surface area (Å²) in [7, 11) is -3.91. The van der Waals surface area contributed by atoms with Crippen molar-refractivity contribution in [1.82, 2.24) is 4.98 Å². The van der Waals surface area contributed by atoms with Crippen LogP contribution >= 0.6 is 0 Å². The number of hydrogen-bond donors (Lipinski definition) is 3. The molecule has 9 heteroatoms. The lowest BCUT2D eigenvalue weighted by Gasteiger charge is -2.09. The van der Waals surface area contributed by atoms with Gasteiger partial charge in [-0.15, -0.1) is 0 Å². The summed E-state index contributed by atoms with van der Waals surface area (Å²) in [5.41, 5.74) is 1.27. The Labute approximate surface area is 135 Å². The molecule has 0 aliphatic heterocycles. The molecule has 0 radical (unpaired) electrons. The lowest BCUT2D eigenvalue weighted by atomic mass is 10.1. The van der Waals surface area contributed by atoms with Crippen molar-refractivity contribution in [3.05, 3.63) is 58.1 Å². The van der Waals surface area contributed by atoms with Gasteiger partial charge in [0, 0.05) is 0 Å². The maximum atomic E-state index is 12.4. The molecule has 24 heavy (non-hydrogen) atoms. The molecule has 0 unspecified atom stereocenters. The second kappa shape index (κ2) is 5.53. The molecule has 3 N–H and O–H groups in total. The van der Waals surface area contributed by atoms with Crippen LogP contribution in [0.2, 0.25) is 0 Å².